The van der Waals surface area contributed by atoms with Crippen molar-refractivity contribution in [2.24, 2.45) is 0 Å². The molecule has 3 N–H and O–H groups in total. The molecule has 2 amide bonds. The van der Waals surface area contributed by atoms with E-state index in [1.807, 2.05) is 0 Å². The predicted molar refractivity (Wildman–Crippen MR) is 97.1 cm³/mol. The molecule has 1 aliphatic rings. The molecule has 1 aliphatic heterocycles. The molecule has 0 spiro atoms. The van der Waals surface area contributed by atoms with Gasteiger partial charge in [-0.15, -0.1) is 17.5 Å². The smallest absolute Gasteiger partial charge is 0.277 e. The van der Waals surface area contributed by atoms with Crippen LogP contribution in [0.3, 0.4) is 0 Å². The van der Waals surface area contributed by atoms with Crippen molar-refractivity contribution in [1.82, 2.24) is 20.3 Å². The van der Waals surface area contributed by atoms with Gasteiger partial charge in [-0.25, -0.2) is 4.68 Å². The number of benzene rings is 1. The fourth-order valence-electron chi connectivity index (χ4n) is 2.70. The highest BCUT2D eigenvalue weighted by atomic mass is 35.5. The van der Waals surface area contributed by atoms with Crippen LogP contribution >= 0.6 is 12.4 Å². The normalized spacial score (nSPS) is 14.4. The Morgan fingerprint density at radius 3 is 2.56 bits per heavy atom. The number of hydrogen-bond acceptors (Lipinski definition) is 5. The van der Waals surface area contributed by atoms with Crippen molar-refractivity contribution in [3.05, 3.63) is 36.2 Å². The molecule has 0 atom stereocenters. The van der Waals surface area contributed by atoms with Crippen LogP contribution in [0.2, 0.25) is 0 Å². The lowest BCUT2D eigenvalue weighted by Gasteiger charge is -2.22. The summed E-state index contributed by atoms with van der Waals surface area (Å²) >= 11 is 0. The average Bonchev–Trinajstić information content (AvgIpc) is 3.05. The van der Waals surface area contributed by atoms with Gasteiger partial charge in [0.05, 0.1) is 12.2 Å². The molecule has 25 heavy (non-hydrogen) atoms. The van der Waals surface area contributed by atoms with Gasteiger partial charge in [0.25, 0.3) is 5.91 Å². The fraction of sp³-hybridized carbons (Fsp3) is 0.375. The first-order valence-electron chi connectivity index (χ1n) is 7.93. The van der Waals surface area contributed by atoms with Crippen LogP contribution in [0.4, 0.5) is 11.4 Å². The number of nitrogens with one attached hydrogen (secondary N) is 3. The number of rotatable bonds is 4. The summed E-state index contributed by atoms with van der Waals surface area (Å²) in [5, 5.41) is 16.8. The van der Waals surface area contributed by atoms with Gasteiger partial charge in [-0.1, -0.05) is 11.3 Å². The van der Waals surface area contributed by atoms with Crippen molar-refractivity contribution < 1.29 is 9.59 Å². The fourth-order valence-corrected chi connectivity index (χ4v) is 2.70. The summed E-state index contributed by atoms with van der Waals surface area (Å²) in [6.45, 7) is 3.33. The lowest BCUT2D eigenvalue weighted by Crippen LogP contribution is -2.29. The van der Waals surface area contributed by atoms with E-state index >= 15 is 0 Å². The largest absolute Gasteiger partial charge is 0.326 e. The van der Waals surface area contributed by atoms with E-state index in [0.717, 1.165) is 25.9 Å². The lowest BCUT2D eigenvalue weighted by atomic mass is 10.1. The first-order valence-corrected chi connectivity index (χ1v) is 7.93. The molecule has 1 saturated heterocycles. The Morgan fingerprint density at radius 1 is 1.20 bits per heavy atom. The van der Waals surface area contributed by atoms with Crippen molar-refractivity contribution >= 4 is 35.6 Å². The van der Waals surface area contributed by atoms with Crippen molar-refractivity contribution in [2.45, 2.75) is 25.8 Å². The first-order chi connectivity index (χ1) is 11.6. The number of hydrogen-bond donors (Lipinski definition) is 3. The van der Waals surface area contributed by atoms with Gasteiger partial charge in [-0.05, 0) is 44.1 Å². The van der Waals surface area contributed by atoms with Crippen LogP contribution in [-0.4, -0.2) is 39.9 Å². The molecular weight excluding hydrogens is 344 g/mol. The maximum absolute atomic E-state index is 12.3. The van der Waals surface area contributed by atoms with E-state index < -0.39 is 0 Å². The quantitative estimate of drug-likeness (QED) is 0.768. The monoisotopic (exact) mass is 364 g/mol. The van der Waals surface area contributed by atoms with E-state index in [2.05, 4.69) is 26.3 Å². The SMILES string of the molecule is CC(=O)Nc1cccc(NC(=O)c2cn(C3CCNCC3)nn2)c1.Cl. The summed E-state index contributed by atoms with van der Waals surface area (Å²) in [6.07, 6.45) is 3.63. The van der Waals surface area contributed by atoms with Gasteiger partial charge >= 0.3 is 0 Å². The van der Waals surface area contributed by atoms with Crippen LogP contribution < -0.4 is 16.0 Å². The van der Waals surface area contributed by atoms with Crippen LogP contribution in [0.5, 0.6) is 0 Å². The van der Waals surface area contributed by atoms with Crippen LogP contribution in [0, 0.1) is 0 Å². The minimum Gasteiger partial charge on any atom is -0.326 e. The highest BCUT2D eigenvalue weighted by Crippen LogP contribution is 2.18. The maximum atomic E-state index is 12.3. The Kier molecular flexibility index (Phi) is 6.49. The molecule has 1 fully saturated rings. The van der Waals surface area contributed by atoms with Gasteiger partial charge in [-0.3, -0.25) is 9.59 Å². The minimum absolute atomic E-state index is 0. The van der Waals surface area contributed by atoms with Gasteiger partial charge < -0.3 is 16.0 Å². The van der Waals surface area contributed by atoms with Crippen LogP contribution in [0.1, 0.15) is 36.3 Å². The Labute approximate surface area is 151 Å². The zero-order chi connectivity index (χ0) is 16.9. The third-order valence-corrected chi connectivity index (χ3v) is 3.87. The molecular formula is C16H21ClN6O2. The molecule has 1 aromatic carbocycles. The molecule has 0 saturated carbocycles. The van der Waals surface area contributed by atoms with Gasteiger partial charge in [0.2, 0.25) is 5.91 Å². The Bertz CT molecular complexity index is 742. The van der Waals surface area contributed by atoms with E-state index in [1.54, 1.807) is 35.1 Å². The number of piperidine rings is 1. The van der Waals surface area contributed by atoms with Gasteiger partial charge in [0, 0.05) is 18.3 Å². The van der Waals surface area contributed by atoms with Crippen molar-refractivity contribution in [1.29, 1.82) is 0 Å². The Hall–Kier alpha value is -2.45. The molecule has 2 heterocycles. The number of halogens is 1. The van der Waals surface area contributed by atoms with E-state index in [0.29, 0.717) is 11.4 Å². The molecule has 3 rings (SSSR count). The highest BCUT2D eigenvalue weighted by Gasteiger charge is 2.18. The second-order valence-electron chi connectivity index (χ2n) is 5.78. The third kappa shape index (κ3) is 5.01. The molecule has 134 valence electrons. The highest BCUT2D eigenvalue weighted by molar-refractivity contribution is 6.03. The Morgan fingerprint density at radius 2 is 1.88 bits per heavy atom. The summed E-state index contributed by atoms with van der Waals surface area (Å²) in [7, 11) is 0. The predicted octanol–water partition coefficient (Wildman–Crippen LogP) is 1.84. The zero-order valence-electron chi connectivity index (χ0n) is 13.9. The van der Waals surface area contributed by atoms with Gasteiger partial charge in [-0.2, -0.15) is 0 Å². The second-order valence-corrected chi connectivity index (χ2v) is 5.78. The molecule has 2 aromatic rings. The summed E-state index contributed by atoms with van der Waals surface area (Å²) < 4.78 is 1.77. The standard InChI is InChI=1S/C16H20N6O2.ClH/c1-11(23)18-12-3-2-4-13(9-12)19-16(24)15-10-22(21-20-15)14-5-7-17-8-6-14;/h2-4,9-10,14,17H,5-8H2,1H3,(H,18,23)(H,19,24);1H. The second kappa shape index (κ2) is 8.59. The van der Waals surface area contributed by atoms with E-state index in [-0.39, 0.29) is 36.0 Å². The average molecular weight is 365 g/mol. The Balaban J connectivity index is 0.00000225. The van der Waals surface area contributed by atoms with E-state index in [4.69, 9.17) is 0 Å². The summed E-state index contributed by atoms with van der Waals surface area (Å²) in [4.78, 5) is 23.4. The minimum atomic E-state index is -0.324. The van der Waals surface area contributed by atoms with Crippen molar-refractivity contribution in [3.63, 3.8) is 0 Å². The van der Waals surface area contributed by atoms with Gasteiger partial charge in [0.15, 0.2) is 5.69 Å². The molecule has 0 bridgehead atoms. The molecule has 0 aliphatic carbocycles. The maximum Gasteiger partial charge on any atom is 0.277 e. The zero-order valence-corrected chi connectivity index (χ0v) is 14.7. The molecule has 0 radical (unpaired) electrons. The number of aromatic nitrogens is 3. The van der Waals surface area contributed by atoms with E-state index in [9.17, 15) is 9.59 Å². The number of anilines is 2. The van der Waals surface area contributed by atoms with Gasteiger partial charge in [0.1, 0.15) is 0 Å². The van der Waals surface area contributed by atoms with Crippen molar-refractivity contribution in [2.75, 3.05) is 23.7 Å². The van der Waals surface area contributed by atoms with Crippen LogP contribution in [0.25, 0.3) is 0 Å². The van der Waals surface area contributed by atoms with Crippen LogP contribution in [0.15, 0.2) is 30.5 Å². The van der Waals surface area contributed by atoms with Crippen molar-refractivity contribution in [3.8, 4) is 0 Å². The third-order valence-electron chi connectivity index (χ3n) is 3.87. The molecule has 8 nitrogen and oxygen atoms in total. The molecule has 1 aromatic heterocycles. The number of amides is 2. The van der Waals surface area contributed by atoms with Crippen LogP contribution in [-0.2, 0) is 4.79 Å². The summed E-state index contributed by atoms with van der Waals surface area (Å²) in [5.74, 6) is -0.487. The molecule has 9 heteroatoms. The topological polar surface area (TPSA) is 101 Å². The summed E-state index contributed by atoms with van der Waals surface area (Å²) in [5.41, 5.74) is 1.49. The summed E-state index contributed by atoms with van der Waals surface area (Å²) in [6, 6.07) is 7.23. The first kappa shape index (κ1) is 18.9. The lowest BCUT2D eigenvalue weighted by molar-refractivity contribution is -0.114. The number of nitrogens with zero attached hydrogens (tertiary/aromatic N) is 3. The number of carbonyl (C=O) groups is 2. The molecule has 0 unspecified atom stereocenters. The van der Waals surface area contributed by atoms with E-state index in [1.165, 1.54) is 6.92 Å². The number of carbonyl (C=O) groups excluding carboxylic acids is 2.